The third-order valence-corrected chi connectivity index (χ3v) is 0.880. The van der Waals surface area contributed by atoms with E-state index in [2.05, 4.69) is 9.53 Å². The molecule has 4 nitrogen and oxygen atoms in total. The lowest BCUT2D eigenvalue weighted by Gasteiger charge is -1.92. The van der Waals surface area contributed by atoms with Gasteiger partial charge in [0.1, 0.15) is 6.61 Å². The summed E-state index contributed by atoms with van der Waals surface area (Å²) in [5.74, 6) is -0.648. The maximum absolute atomic E-state index is 10.5. The van der Waals surface area contributed by atoms with Gasteiger partial charge in [0, 0.05) is 0 Å². The molecule has 0 saturated carbocycles. The molecule has 60 valence electrons. The van der Waals surface area contributed by atoms with Crippen molar-refractivity contribution in [1.82, 2.24) is 0 Å². The molecule has 0 unspecified atom stereocenters. The fourth-order valence-corrected chi connectivity index (χ4v) is 0.375. The second-order valence-corrected chi connectivity index (χ2v) is 2.16. The van der Waals surface area contributed by atoms with Gasteiger partial charge in [-0.1, -0.05) is 5.57 Å². The quantitative estimate of drug-likeness (QED) is 0.198. The van der Waals surface area contributed by atoms with E-state index in [1.54, 1.807) is 6.08 Å². The molecule has 0 fully saturated rings. The molecule has 4 heteroatoms. The van der Waals surface area contributed by atoms with E-state index >= 15 is 0 Å². The first-order chi connectivity index (χ1) is 5.16. The Morgan fingerprint density at radius 2 is 2.27 bits per heavy atom. The average molecular weight is 154 g/mol. The van der Waals surface area contributed by atoms with Gasteiger partial charge in [0.05, 0.1) is 0 Å². The van der Waals surface area contributed by atoms with Gasteiger partial charge >= 0.3 is 12.2 Å². The maximum atomic E-state index is 10.5. The lowest BCUT2D eigenvalue weighted by Crippen LogP contribution is -2.05. The van der Waals surface area contributed by atoms with Gasteiger partial charge in [-0.25, -0.2) is 4.79 Å². The fourth-order valence-electron chi connectivity index (χ4n) is 0.375. The van der Waals surface area contributed by atoms with Gasteiger partial charge in [-0.2, -0.15) is 4.79 Å². The molecule has 0 saturated heterocycles. The van der Waals surface area contributed by atoms with E-state index in [1.807, 2.05) is 13.8 Å². The van der Waals surface area contributed by atoms with Crippen LogP contribution in [0.4, 0.5) is 0 Å². The van der Waals surface area contributed by atoms with Crippen molar-refractivity contribution in [2.75, 3.05) is 6.61 Å². The predicted molar refractivity (Wildman–Crippen MR) is 40.1 cm³/mol. The Morgan fingerprint density at radius 3 is 2.73 bits per heavy atom. The smallest absolute Gasteiger partial charge is 0.413 e. The SMILES string of the molecule is CC(C)=CCOC(=O)C=[N+]=[N-]. The number of rotatable bonds is 3. The Labute approximate surface area is 65.1 Å². The molecule has 0 aromatic rings. The molecular formula is C7H10N2O2. The van der Waals surface area contributed by atoms with Gasteiger partial charge < -0.3 is 10.3 Å². The zero-order valence-corrected chi connectivity index (χ0v) is 6.57. The highest BCUT2D eigenvalue weighted by atomic mass is 16.5. The van der Waals surface area contributed by atoms with Gasteiger partial charge in [0.25, 0.3) is 0 Å². The third kappa shape index (κ3) is 6.48. The minimum Gasteiger partial charge on any atom is -0.453 e. The highest BCUT2D eigenvalue weighted by molar-refractivity contribution is 6.20. The number of esters is 1. The largest absolute Gasteiger partial charge is 0.453 e. The maximum Gasteiger partial charge on any atom is 0.413 e. The molecule has 0 atom stereocenters. The molecule has 0 amide bonds. The van der Waals surface area contributed by atoms with Crippen LogP contribution in [0.25, 0.3) is 5.53 Å². The van der Waals surface area contributed by atoms with Crippen molar-refractivity contribution < 1.29 is 14.3 Å². The number of hydrogen-bond donors (Lipinski definition) is 0. The molecule has 11 heavy (non-hydrogen) atoms. The van der Waals surface area contributed by atoms with Crippen LogP contribution < -0.4 is 0 Å². The van der Waals surface area contributed by atoms with E-state index in [4.69, 9.17) is 5.53 Å². The van der Waals surface area contributed by atoms with Crippen LogP contribution in [0.2, 0.25) is 0 Å². The molecule has 0 spiro atoms. The lowest BCUT2D eigenvalue weighted by atomic mass is 10.3. The van der Waals surface area contributed by atoms with Gasteiger partial charge in [0.15, 0.2) is 0 Å². The first-order valence-electron chi connectivity index (χ1n) is 3.14. The molecule has 0 bridgehead atoms. The molecule has 0 aromatic heterocycles. The third-order valence-electron chi connectivity index (χ3n) is 0.880. The van der Waals surface area contributed by atoms with E-state index in [0.717, 1.165) is 5.57 Å². The average Bonchev–Trinajstić information content (AvgIpc) is 1.87. The van der Waals surface area contributed by atoms with Crippen LogP contribution in [0.1, 0.15) is 13.8 Å². The first-order valence-corrected chi connectivity index (χ1v) is 3.14. The van der Waals surface area contributed by atoms with Crippen molar-refractivity contribution in [3.8, 4) is 0 Å². The summed E-state index contributed by atoms with van der Waals surface area (Å²) in [6, 6.07) is 0. The van der Waals surface area contributed by atoms with E-state index in [9.17, 15) is 4.79 Å². The predicted octanol–water partition coefficient (Wildman–Crippen LogP) is 0.796. The topological polar surface area (TPSA) is 62.7 Å². The van der Waals surface area contributed by atoms with Crippen LogP contribution in [-0.4, -0.2) is 23.6 Å². The molecular weight excluding hydrogens is 144 g/mol. The summed E-state index contributed by atoms with van der Waals surface area (Å²) in [5.41, 5.74) is 8.97. The van der Waals surface area contributed by atoms with Gasteiger partial charge in [-0.05, 0) is 19.9 Å². The second kappa shape index (κ2) is 5.38. The Morgan fingerprint density at radius 1 is 1.64 bits per heavy atom. The Balaban J connectivity index is 3.63. The first kappa shape index (κ1) is 9.59. The lowest BCUT2D eigenvalue weighted by molar-refractivity contribution is -0.137. The molecule has 0 aliphatic carbocycles. The zero-order valence-electron chi connectivity index (χ0n) is 6.57. The standard InChI is InChI=1S/C7H10N2O2/c1-6(2)3-4-11-7(10)5-9-8/h3,5H,4H2,1-2H3. The fraction of sp³-hybridized carbons (Fsp3) is 0.429. The zero-order chi connectivity index (χ0) is 8.69. The van der Waals surface area contributed by atoms with Crippen LogP contribution in [0.15, 0.2) is 11.6 Å². The molecule has 0 aliphatic heterocycles. The number of nitrogens with zero attached hydrogens (tertiary/aromatic N) is 2. The van der Waals surface area contributed by atoms with Crippen LogP contribution >= 0.6 is 0 Å². The highest BCUT2D eigenvalue weighted by Gasteiger charge is 1.99. The molecule has 0 aromatic carbocycles. The molecule has 0 heterocycles. The molecule has 0 rings (SSSR count). The van der Waals surface area contributed by atoms with Crippen molar-refractivity contribution in [2.45, 2.75) is 13.8 Å². The van der Waals surface area contributed by atoms with Crippen molar-refractivity contribution in [3.63, 3.8) is 0 Å². The van der Waals surface area contributed by atoms with Crippen LogP contribution in [0.3, 0.4) is 0 Å². The molecule has 0 N–H and O–H groups in total. The van der Waals surface area contributed by atoms with Crippen molar-refractivity contribution in [1.29, 1.82) is 0 Å². The molecule has 0 radical (unpaired) electrons. The highest BCUT2D eigenvalue weighted by Crippen LogP contribution is 1.87. The van der Waals surface area contributed by atoms with Gasteiger partial charge in [-0.15, -0.1) is 0 Å². The monoisotopic (exact) mass is 154 g/mol. The van der Waals surface area contributed by atoms with E-state index < -0.39 is 5.97 Å². The minimum absolute atomic E-state index is 0.215. The van der Waals surface area contributed by atoms with Gasteiger partial charge in [0.2, 0.25) is 0 Å². The summed E-state index contributed by atoms with van der Waals surface area (Å²) < 4.78 is 4.57. The number of carbonyl (C=O) groups is 1. The van der Waals surface area contributed by atoms with Crippen molar-refractivity contribution in [3.05, 3.63) is 17.2 Å². The van der Waals surface area contributed by atoms with Gasteiger partial charge in [-0.3, -0.25) is 0 Å². The summed E-state index contributed by atoms with van der Waals surface area (Å²) in [5, 5.41) is 0. The van der Waals surface area contributed by atoms with Crippen LogP contribution in [-0.2, 0) is 9.53 Å². The van der Waals surface area contributed by atoms with E-state index in [1.165, 1.54) is 0 Å². The van der Waals surface area contributed by atoms with Crippen LogP contribution in [0.5, 0.6) is 0 Å². The number of allylic oxidation sites excluding steroid dienone is 1. The second-order valence-electron chi connectivity index (χ2n) is 2.16. The normalized spacial score (nSPS) is 7.82. The number of ether oxygens (including phenoxy) is 1. The van der Waals surface area contributed by atoms with Crippen molar-refractivity contribution in [2.24, 2.45) is 0 Å². The number of hydrogen-bond acceptors (Lipinski definition) is 2. The summed E-state index contributed by atoms with van der Waals surface area (Å²) in [6.07, 6.45) is 2.46. The van der Waals surface area contributed by atoms with E-state index in [-0.39, 0.29) is 6.61 Å². The Bertz CT molecular complexity index is 210. The molecule has 0 aliphatic rings. The summed E-state index contributed by atoms with van der Waals surface area (Å²) in [4.78, 5) is 13.0. The summed E-state index contributed by atoms with van der Waals surface area (Å²) >= 11 is 0. The summed E-state index contributed by atoms with van der Waals surface area (Å²) in [7, 11) is 0. The Hall–Kier alpha value is -1.41. The summed E-state index contributed by atoms with van der Waals surface area (Å²) in [6.45, 7) is 4.01. The van der Waals surface area contributed by atoms with Crippen molar-refractivity contribution >= 4 is 12.2 Å². The van der Waals surface area contributed by atoms with E-state index in [0.29, 0.717) is 6.21 Å². The minimum atomic E-state index is -0.648. The number of carbonyl (C=O) groups excluding carboxylic acids is 1. The van der Waals surface area contributed by atoms with Crippen LogP contribution in [0, 0.1) is 0 Å². The Kier molecular flexibility index (Phi) is 4.69.